The van der Waals surface area contributed by atoms with Crippen molar-refractivity contribution in [1.82, 2.24) is 76.1 Å². The summed E-state index contributed by atoms with van der Waals surface area (Å²) in [6.07, 6.45) is 2.02. The number of aliphatic carboxylic acids is 3. The van der Waals surface area contributed by atoms with E-state index in [1.807, 2.05) is 148 Å². The van der Waals surface area contributed by atoms with Gasteiger partial charge in [0.1, 0.15) is 34.7 Å². The van der Waals surface area contributed by atoms with Gasteiger partial charge in [0.2, 0.25) is 16.9 Å². The summed E-state index contributed by atoms with van der Waals surface area (Å²) >= 11 is 0. The summed E-state index contributed by atoms with van der Waals surface area (Å²) in [6, 6.07) is 40.7. The van der Waals surface area contributed by atoms with Crippen LogP contribution in [0.3, 0.4) is 0 Å². The number of ether oxygens (including phenoxy) is 3. The van der Waals surface area contributed by atoms with Gasteiger partial charge in [0, 0.05) is 0 Å². The molecule has 6 heterocycles. The lowest BCUT2D eigenvalue weighted by atomic mass is 9.99. The SMILES string of the molecule is CCOc1cc(-c2cccc(C3CC3C(=O)O)c2)ccc1-c1nc2n[nH]nc2c(=O)[nH]1.CCOc1cc(-c2cccc(C3CC3C(=O)O)c2)ccc1-c1nc2n[nH]nc2c(=O)[nH]1.CCOc1cc(-c2cccc([C@H]3C[C@@H]3C(=O)O)c2)ccc1-c1nc2n[nH]nc2c(=O)[nH]1. The zero-order valence-electron chi connectivity index (χ0n) is 49.9. The summed E-state index contributed by atoms with van der Waals surface area (Å²) in [7, 11) is 0. The van der Waals surface area contributed by atoms with Gasteiger partial charge in [-0.2, -0.15) is 15.6 Å². The molecule has 27 heteroatoms. The Morgan fingerprint density at radius 2 is 0.677 bits per heavy atom. The molecule has 15 rings (SSSR count). The molecule has 3 fully saturated rings. The van der Waals surface area contributed by atoms with Crippen molar-refractivity contribution in [2.24, 2.45) is 17.8 Å². The molecule has 4 unspecified atom stereocenters. The molecular formula is C66H57N15O12. The number of H-pyrrole nitrogens is 6. The van der Waals surface area contributed by atoms with Gasteiger partial charge in [0.25, 0.3) is 16.7 Å². The Bertz CT molecular complexity index is 4580. The van der Waals surface area contributed by atoms with Crippen molar-refractivity contribution in [3.8, 4) is 84.8 Å². The highest BCUT2D eigenvalue weighted by atomic mass is 16.5. The number of hydrogen-bond acceptors (Lipinski definition) is 18. The van der Waals surface area contributed by atoms with Crippen LogP contribution in [-0.2, 0) is 14.4 Å². The van der Waals surface area contributed by atoms with E-state index in [1.54, 1.807) is 0 Å². The number of benzene rings is 6. The van der Waals surface area contributed by atoms with Gasteiger partial charge in [0.15, 0.2) is 16.6 Å². The maximum atomic E-state index is 12.3. The van der Waals surface area contributed by atoms with Crippen LogP contribution in [0.2, 0.25) is 0 Å². The molecule has 93 heavy (non-hydrogen) atoms. The number of fused-ring (bicyclic) bond motifs is 3. The highest BCUT2D eigenvalue weighted by molar-refractivity contribution is 5.82. The lowest BCUT2D eigenvalue weighted by Gasteiger charge is -2.12. The molecule has 27 nitrogen and oxygen atoms in total. The van der Waals surface area contributed by atoms with E-state index in [0.717, 1.165) is 50.1 Å². The number of carboxylic acid groups (broad SMARTS) is 3. The van der Waals surface area contributed by atoms with Gasteiger partial charge in [-0.05, 0) is 144 Å². The number of hydrogen-bond donors (Lipinski definition) is 9. The van der Waals surface area contributed by atoms with Gasteiger partial charge in [0.05, 0.1) is 54.3 Å². The monoisotopic (exact) mass is 1250 g/mol. The van der Waals surface area contributed by atoms with Crippen molar-refractivity contribution < 1.29 is 43.9 Å². The van der Waals surface area contributed by atoms with E-state index in [1.165, 1.54) is 0 Å². The van der Waals surface area contributed by atoms with Gasteiger partial charge in [-0.1, -0.05) is 91.0 Å². The van der Waals surface area contributed by atoms with Gasteiger partial charge < -0.3 is 44.5 Å². The molecule has 3 aliphatic rings. The number of nitrogens with zero attached hydrogens (tertiary/aromatic N) is 9. The van der Waals surface area contributed by atoms with Crippen molar-refractivity contribution >= 4 is 51.4 Å². The van der Waals surface area contributed by atoms with Crippen molar-refractivity contribution in [3.63, 3.8) is 0 Å². The van der Waals surface area contributed by atoms with Crippen LogP contribution >= 0.6 is 0 Å². The van der Waals surface area contributed by atoms with E-state index in [2.05, 4.69) is 76.1 Å². The second kappa shape index (κ2) is 25.1. The second-order valence-corrected chi connectivity index (χ2v) is 22.4. The zero-order valence-corrected chi connectivity index (χ0v) is 49.9. The minimum absolute atomic E-state index is 0.0616. The average molecular weight is 1250 g/mol. The highest BCUT2D eigenvalue weighted by Crippen LogP contribution is 2.51. The molecule has 0 amide bonds. The number of rotatable bonds is 18. The normalized spacial score (nSPS) is 17.6. The first-order valence-electron chi connectivity index (χ1n) is 29.9. The van der Waals surface area contributed by atoms with Crippen LogP contribution in [0.25, 0.3) is 101 Å². The summed E-state index contributed by atoms with van der Waals surface area (Å²) in [5, 5.41) is 58.0. The molecule has 0 bridgehead atoms. The van der Waals surface area contributed by atoms with Crippen LogP contribution in [0.5, 0.6) is 17.2 Å². The molecule has 12 aromatic rings. The van der Waals surface area contributed by atoms with Gasteiger partial charge in [-0.25, -0.2) is 15.0 Å². The van der Waals surface area contributed by atoms with Gasteiger partial charge in [-0.15, -0.1) is 30.6 Å². The van der Waals surface area contributed by atoms with Crippen LogP contribution in [0, 0.1) is 17.8 Å². The topological polar surface area (TPSA) is 402 Å². The van der Waals surface area contributed by atoms with Crippen molar-refractivity contribution in [1.29, 1.82) is 0 Å². The highest BCUT2D eigenvalue weighted by Gasteiger charge is 2.46. The summed E-state index contributed by atoms with van der Waals surface area (Å²) in [5.41, 5.74) is 10.6. The minimum atomic E-state index is -0.746. The first-order valence-corrected chi connectivity index (χ1v) is 29.9. The largest absolute Gasteiger partial charge is 0.493 e. The minimum Gasteiger partial charge on any atom is -0.493 e. The van der Waals surface area contributed by atoms with Gasteiger partial charge in [-0.3, -0.25) is 28.8 Å². The maximum Gasteiger partial charge on any atom is 0.307 e. The second-order valence-electron chi connectivity index (χ2n) is 22.4. The number of aromatic amines is 6. The quantitative estimate of drug-likeness (QED) is 0.0387. The standard InChI is InChI=1S/3C22H19N5O4/c3*1-2-31-17-9-12(11-4-3-5-13(8-11)15-10-16(15)22(29)30)6-7-14(17)19-23-20-18(21(28)24-19)25-27-26-20/h3*3-9,15-16H,2,10H2,1H3,(H,29,30)(H2,23,24,25,26,27,28)/t15-,16+;;/m1../s1. The van der Waals surface area contributed by atoms with Crippen molar-refractivity contribution in [2.45, 2.75) is 57.8 Å². The molecule has 3 saturated carbocycles. The molecule has 0 saturated heterocycles. The Morgan fingerprint density at radius 1 is 0.398 bits per heavy atom. The number of nitrogens with one attached hydrogen (secondary N) is 6. The van der Waals surface area contributed by atoms with Crippen LogP contribution in [-0.4, -0.2) is 129 Å². The molecule has 468 valence electrons. The van der Waals surface area contributed by atoms with Crippen LogP contribution in [0.1, 0.15) is 74.5 Å². The fraction of sp³-hybridized carbons (Fsp3) is 0.227. The third-order valence-corrected chi connectivity index (χ3v) is 16.5. The van der Waals surface area contributed by atoms with Gasteiger partial charge >= 0.3 is 17.9 Å². The summed E-state index contributed by atoms with van der Waals surface area (Å²) in [4.78, 5) is 91.8. The first-order chi connectivity index (χ1) is 45.1. The van der Waals surface area contributed by atoms with Crippen LogP contribution < -0.4 is 30.9 Å². The number of aromatic nitrogens is 15. The summed E-state index contributed by atoms with van der Waals surface area (Å²) < 4.78 is 17.5. The fourth-order valence-electron chi connectivity index (χ4n) is 11.5. The lowest BCUT2D eigenvalue weighted by molar-refractivity contribution is -0.139. The van der Waals surface area contributed by atoms with Crippen molar-refractivity contribution in [2.75, 3.05) is 19.8 Å². The number of carboxylic acids is 3. The van der Waals surface area contributed by atoms with Crippen LogP contribution in [0.4, 0.5) is 0 Å². The average Bonchev–Trinajstić information content (AvgIpc) is 1.84. The third-order valence-electron chi connectivity index (χ3n) is 16.5. The predicted molar refractivity (Wildman–Crippen MR) is 338 cm³/mol. The fourth-order valence-corrected chi connectivity index (χ4v) is 11.5. The third kappa shape index (κ3) is 12.4. The molecule has 0 aliphatic heterocycles. The Morgan fingerprint density at radius 3 is 0.935 bits per heavy atom. The molecule has 6 aromatic carbocycles. The molecule has 6 atom stereocenters. The van der Waals surface area contributed by atoms with E-state index >= 15 is 0 Å². The van der Waals surface area contributed by atoms with E-state index in [4.69, 9.17) is 14.2 Å². The molecule has 9 N–H and O–H groups in total. The Balaban J connectivity index is 0.000000127. The predicted octanol–water partition coefficient (Wildman–Crippen LogP) is 8.89. The number of carbonyl (C=O) groups is 3. The Labute approximate surface area is 524 Å². The smallest absolute Gasteiger partial charge is 0.307 e. The van der Waals surface area contributed by atoms with E-state index in [9.17, 15) is 44.1 Å². The first kappa shape index (κ1) is 59.9. The molecule has 0 spiro atoms. The van der Waals surface area contributed by atoms with E-state index in [-0.39, 0.29) is 85.7 Å². The molecule has 3 aliphatic carbocycles. The van der Waals surface area contributed by atoms with E-state index in [0.29, 0.717) is 90.5 Å². The maximum absolute atomic E-state index is 12.3. The Kier molecular flexibility index (Phi) is 16.2. The van der Waals surface area contributed by atoms with Crippen LogP contribution in [0.15, 0.2) is 142 Å². The molecular weight excluding hydrogens is 1190 g/mol. The zero-order chi connectivity index (χ0) is 64.6. The van der Waals surface area contributed by atoms with E-state index < -0.39 is 17.9 Å². The summed E-state index contributed by atoms with van der Waals surface area (Å²) in [6.45, 7) is 6.97. The molecule has 0 radical (unpaired) electrons. The summed E-state index contributed by atoms with van der Waals surface area (Å²) in [5.74, 6) is -0.194. The van der Waals surface area contributed by atoms with Crippen molar-refractivity contribution in [3.05, 3.63) is 175 Å². The lowest BCUT2D eigenvalue weighted by Crippen LogP contribution is -2.10. The molecule has 6 aromatic heterocycles. The Hall–Kier alpha value is -12.0.